The van der Waals surface area contributed by atoms with Crippen molar-refractivity contribution < 1.29 is 22.7 Å². The zero-order valence-electron chi connectivity index (χ0n) is 10.1. The fourth-order valence-electron chi connectivity index (χ4n) is 1.36. The van der Waals surface area contributed by atoms with E-state index in [1.165, 1.54) is 12.1 Å². The lowest BCUT2D eigenvalue weighted by Crippen LogP contribution is -2.09. The van der Waals surface area contributed by atoms with Crippen molar-refractivity contribution in [1.82, 2.24) is 0 Å². The van der Waals surface area contributed by atoms with E-state index in [4.69, 9.17) is 4.74 Å². The maximum atomic E-state index is 12.3. The van der Waals surface area contributed by atoms with Crippen LogP contribution in [0.1, 0.15) is 30.9 Å². The van der Waals surface area contributed by atoms with Gasteiger partial charge in [0.1, 0.15) is 0 Å². The van der Waals surface area contributed by atoms with Gasteiger partial charge in [0.25, 0.3) is 0 Å². The summed E-state index contributed by atoms with van der Waals surface area (Å²) < 4.78 is 41.8. The molecule has 1 aromatic carbocycles. The largest absolute Gasteiger partial charge is 0.465 e. The van der Waals surface area contributed by atoms with Crippen molar-refractivity contribution in [3.63, 3.8) is 0 Å². The van der Waals surface area contributed by atoms with E-state index in [0.717, 1.165) is 25.0 Å². The van der Waals surface area contributed by atoms with Crippen molar-refractivity contribution in [3.8, 4) is 0 Å². The average molecular weight is 260 g/mol. The third-order valence-corrected chi connectivity index (χ3v) is 2.39. The highest BCUT2D eigenvalue weighted by atomic mass is 19.4. The first-order valence-corrected chi connectivity index (χ1v) is 5.75. The van der Waals surface area contributed by atoms with Crippen LogP contribution < -0.4 is 0 Å². The summed E-state index contributed by atoms with van der Waals surface area (Å²) in [5.41, 5.74) is -0.199. The molecular weight excluding hydrogens is 245 g/mol. The van der Waals surface area contributed by atoms with Gasteiger partial charge in [0.15, 0.2) is 0 Å². The molecule has 0 spiro atoms. The number of carbonyl (C=O) groups excluding carboxylic acids is 1. The number of hydrogen-bond acceptors (Lipinski definition) is 2. The first-order chi connectivity index (χ1) is 8.43. The molecule has 0 aromatic heterocycles. The monoisotopic (exact) mass is 260 g/mol. The summed E-state index contributed by atoms with van der Waals surface area (Å²) in [5.74, 6) is -0.414. The van der Waals surface area contributed by atoms with Crippen LogP contribution in [0.25, 0.3) is 0 Å². The second-order valence-corrected chi connectivity index (χ2v) is 3.95. The standard InChI is InChI=1S/C13H15F3O2/c1-2-3-8-18-12(17)9-10-4-6-11(7-5-10)13(14,15)16/h4-7H,2-3,8-9H2,1H3. The molecule has 0 amide bonds. The number of halogens is 3. The van der Waals surface area contributed by atoms with E-state index in [1.54, 1.807) is 0 Å². The minimum Gasteiger partial charge on any atom is -0.465 e. The van der Waals surface area contributed by atoms with Crippen LogP contribution in [0.15, 0.2) is 24.3 Å². The van der Waals surface area contributed by atoms with Crippen molar-refractivity contribution in [1.29, 1.82) is 0 Å². The van der Waals surface area contributed by atoms with Gasteiger partial charge in [0.05, 0.1) is 18.6 Å². The number of hydrogen-bond donors (Lipinski definition) is 0. The minimum absolute atomic E-state index is 0.00184. The Morgan fingerprint density at radius 3 is 2.33 bits per heavy atom. The highest BCUT2D eigenvalue weighted by Crippen LogP contribution is 2.29. The number of ether oxygens (including phenoxy) is 1. The number of esters is 1. The van der Waals surface area contributed by atoms with Crippen LogP contribution in [-0.2, 0) is 22.1 Å². The molecule has 0 unspecified atom stereocenters. The van der Waals surface area contributed by atoms with E-state index in [1.807, 2.05) is 6.92 Å². The Kier molecular flexibility index (Phi) is 5.19. The highest BCUT2D eigenvalue weighted by molar-refractivity contribution is 5.72. The van der Waals surface area contributed by atoms with Crippen molar-refractivity contribution in [2.24, 2.45) is 0 Å². The number of benzene rings is 1. The van der Waals surface area contributed by atoms with E-state index in [2.05, 4.69) is 0 Å². The SMILES string of the molecule is CCCCOC(=O)Cc1ccc(C(F)(F)F)cc1. The summed E-state index contributed by atoms with van der Waals surface area (Å²) in [6.07, 6.45) is -2.63. The summed E-state index contributed by atoms with van der Waals surface area (Å²) in [4.78, 5) is 11.3. The molecule has 1 rings (SSSR count). The van der Waals surface area contributed by atoms with Crippen LogP contribution in [0.4, 0.5) is 13.2 Å². The lowest BCUT2D eigenvalue weighted by Gasteiger charge is -2.07. The highest BCUT2D eigenvalue weighted by Gasteiger charge is 2.29. The van der Waals surface area contributed by atoms with Crippen molar-refractivity contribution in [2.45, 2.75) is 32.4 Å². The molecule has 5 heteroatoms. The maximum Gasteiger partial charge on any atom is 0.416 e. The zero-order valence-corrected chi connectivity index (χ0v) is 10.1. The molecule has 18 heavy (non-hydrogen) atoms. The summed E-state index contributed by atoms with van der Waals surface area (Å²) >= 11 is 0. The van der Waals surface area contributed by atoms with Crippen molar-refractivity contribution in [2.75, 3.05) is 6.61 Å². The zero-order chi connectivity index (χ0) is 13.6. The lowest BCUT2D eigenvalue weighted by molar-refractivity contribution is -0.142. The van der Waals surface area contributed by atoms with Gasteiger partial charge in [-0.25, -0.2) is 0 Å². The van der Waals surface area contributed by atoms with Gasteiger partial charge in [-0.2, -0.15) is 13.2 Å². The van der Waals surface area contributed by atoms with E-state index in [9.17, 15) is 18.0 Å². The minimum atomic E-state index is -4.35. The molecule has 0 N–H and O–H groups in total. The van der Waals surface area contributed by atoms with Crippen LogP contribution in [-0.4, -0.2) is 12.6 Å². The predicted octanol–water partition coefficient (Wildman–Crippen LogP) is 3.59. The van der Waals surface area contributed by atoms with Crippen molar-refractivity contribution in [3.05, 3.63) is 35.4 Å². The van der Waals surface area contributed by atoms with E-state index in [-0.39, 0.29) is 6.42 Å². The molecule has 0 aliphatic rings. The van der Waals surface area contributed by atoms with Crippen molar-refractivity contribution >= 4 is 5.97 Å². The Morgan fingerprint density at radius 1 is 1.22 bits per heavy atom. The normalized spacial score (nSPS) is 11.3. The van der Waals surface area contributed by atoms with Gasteiger partial charge < -0.3 is 4.74 Å². The van der Waals surface area contributed by atoms with Crippen LogP contribution in [0.2, 0.25) is 0 Å². The Bertz CT molecular complexity index is 382. The molecule has 0 fully saturated rings. The van der Waals surface area contributed by atoms with Gasteiger partial charge in [-0.05, 0) is 24.1 Å². The molecule has 100 valence electrons. The summed E-state index contributed by atoms with van der Waals surface area (Å²) in [6, 6.07) is 4.52. The van der Waals surface area contributed by atoms with Crippen LogP contribution in [0, 0.1) is 0 Å². The Balaban J connectivity index is 2.51. The predicted molar refractivity (Wildman–Crippen MR) is 61.0 cm³/mol. The first-order valence-electron chi connectivity index (χ1n) is 5.75. The Labute approximate surface area is 104 Å². The fraction of sp³-hybridized carbons (Fsp3) is 0.462. The van der Waals surface area contributed by atoms with Gasteiger partial charge in [-0.1, -0.05) is 25.5 Å². The number of carbonyl (C=O) groups is 1. The molecule has 0 aliphatic heterocycles. The summed E-state index contributed by atoms with van der Waals surface area (Å²) in [6.45, 7) is 2.33. The molecular formula is C13H15F3O2. The fourth-order valence-corrected chi connectivity index (χ4v) is 1.36. The third-order valence-electron chi connectivity index (χ3n) is 2.39. The molecule has 0 bridgehead atoms. The quantitative estimate of drug-likeness (QED) is 0.597. The van der Waals surface area contributed by atoms with E-state index in [0.29, 0.717) is 12.2 Å². The van der Waals surface area contributed by atoms with Crippen LogP contribution >= 0.6 is 0 Å². The number of alkyl halides is 3. The van der Waals surface area contributed by atoms with Gasteiger partial charge in [0, 0.05) is 0 Å². The van der Waals surface area contributed by atoms with Crippen LogP contribution in [0.3, 0.4) is 0 Å². The Hall–Kier alpha value is -1.52. The van der Waals surface area contributed by atoms with Gasteiger partial charge in [-0.15, -0.1) is 0 Å². The smallest absolute Gasteiger partial charge is 0.416 e. The third kappa shape index (κ3) is 4.77. The molecule has 0 saturated carbocycles. The summed E-state index contributed by atoms with van der Waals surface area (Å²) in [7, 11) is 0. The first kappa shape index (κ1) is 14.5. The average Bonchev–Trinajstić information content (AvgIpc) is 2.29. The van der Waals surface area contributed by atoms with Gasteiger partial charge in [-0.3, -0.25) is 4.79 Å². The van der Waals surface area contributed by atoms with E-state index >= 15 is 0 Å². The van der Waals surface area contributed by atoms with Gasteiger partial charge in [0.2, 0.25) is 0 Å². The second-order valence-electron chi connectivity index (χ2n) is 3.95. The maximum absolute atomic E-state index is 12.3. The van der Waals surface area contributed by atoms with E-state index < -0.39 is 17.7 Å². The molecule has 0 saturated heterocycles. The number of rotatable bonds is 5. The molecule has 0 aliphatic carbocycles. The Morgan fingerprint density at radius 2 is 1.83 bits per heavy atom. The second kappa shape index (κ2) is 6.42. The molecule has 0 heterocycles. The molecule has 0 atom stereocenters. The molecule has 0 radical (unpaired) electrons. The van der Waals surface area contributed by atoms with Crippen LogP contribution in [0.5, 0.6) is 0 Å². The summed E-state index contributed by atoms with van der Waals surface area (Å²) in [5, 5.41) is 0. The molecule has 1 aromatic rings. The lowest BCUT2D eigenvalue weighted by atomic mass is 10.1. The number of unbranched alkanes of at least 4 members (excludes halogenated alkanes) is 1. The molecule has 2 nitrogen and oxygen atoms in total. The van der Waals surface area contributed by atoms with Gasteiger partial charge >= 0.3 is 12.1 Å². The topological polar surface area (TPSA) is 26.3 Å².